The average molecular weight is 554 g/mol. The van der Waals surface area contributed by atoms with Crippen molar-refractivity contribution in [1.82, 2.24) is 4.90 Å². The maximum atomic E-state index is 14.1. The standard InChI is InChI=1S/C32H37F2NO5/c1-3-39-31(36)20-23-11-12-29(30(19-23)38-2)40-18-6-15-35-16-13-24(14-17-35)32(37,25-7-4-9-27(33)21-25)26-8-5-10-28(34)22-26/h4-5,7-12,19,21-22,24,37H,3,6,13-18,20H2,1-2H3. The Morgan fingerprint density at radius 1 is 0.975 bits per heavy atom. The van der Waals surface area contributed by atoms with Crippen LogP contribution in [-0.2, 0) is 21.6 Å². The molecule has 0 atom stereocenters. The number of aliphatic hydroxyl groups is 1. The number of hydrogen-bond acceptors (Lipinski definition) is 6. The summed E-state index contributed by atoms with van der Waals surface area (Å²) in [5.74, 6) is -0.168. The van der Waals surface area contributed by atoms with Crippen LogP contribution in [0, 0.1) is 17.6 Å². The van der Waals surface area contributed by atoms with Crippen LogP contribution >= 0.6 is 0 Å². The van der Waals surface area contributed by atoms with Gasteiger partial charge in [-0.05, 0) is 98.3 Å². The molecule has 1 aliphatic heterocycles. The number of piperidine rings is 1. The molecule has 0 unspecified atom stereocenters. The molecule has 0 bridgehead atoms. The van der Waals surface area contributed by atoms with Crippen LogP contribution in [0.4, 0.5) is 8.78 Å². The summed E-state index contributed by atoms with van der Waals surface area (Å²) in [4.78, 5) is 14.1. The number of esters is 1. The lowest BCUT2D eigenvalue weighted by atomic mass is 9.72. The van der Waals surface area contributed by atoms with E-state index in [1.54, 1.807) is 50.4 Å². The predicted molar refractivity (Wildman–Crippen MR) is 148 cm³/mol. The van der Waals surface area contributed by atoms with Crippen molar-refractivity contribution >= 4 is 5.97 Å². The molecule has 40 heavy (non-hydrogen) atoms. The lowest BCUT2D eigenvalue weighted by molar-refractivity contribution is -0.142. The molecule has 214 valence electrons. The molecular formula is C32H37F2NO5. The van der Waals surface area contributed by atoms with Gasteiger partial charge in [-0.2, -0.15) is 0 Å². The Bertz CT molecular complexity index is 1230. The molecule has 3 aromatic carbocycles. The molecule has 4 rings (SSSR count). The third-order valence-corrected chi connectivity index (χ3v) is 7.47. The van der Waals surface area contributed by atoms with Crippen LogP contribution in [0.3, 0.4) is 0 Å². The number of benzene rings is 3. The summed E-state index contributed by atoms with van der Waals surface area (Å²) in [5.41, 5.74) is 0.177. The monoisotopic (exact) mass is 553 g/mol. The average Bonchev–Trinajstić information content (AvgIpc) is 2.96. The van der Waals surface area contributed by atoms with E-state index in [0.29, 0.717) is 48.7 Å². The lowest BCUT2D eigenvalue weighted by Crippen LogP contribution is -2.44. The van der Waals surface area contributed by atoms with E-state index in [2.05, 4.69) is 4.90 Å². The Kier molecular flexibility index (Phi) is 10.1. The van der Waals surface area contributed by atoms with E-state index in [0.717, 1.165) is 31.6 Å². The molecular weight excluding hydrogens is 516 g/mol. The fourth-order valence-corrected chi connectivity index (χ4v) is 5.45. The van der Waals surface area contributed by atoms with Crippen LogP contribution in [-0.4, -0.2) is 55.9 Å². The van der Waals surface area contributed by atoms with E-state index < -0.39 is 17.2 Å². The van der Waals surface area contributed by atoms with Gasteiger partial charge in [0.2, 0.25) is 0 Å². The predicted octanol–water partition coefficient (Wildman–Crippen LogP) is 5.50. The topological polar surface area (TPSA) is 68.2 Å². The van der Waals surface area contributed by atoms with Crippen LogP contribution in [0.2, 0.25) is 0 Å². The minimum Gasteiger partial charge on any atom is -0.493 e. The normalized spacial score (nSPS) is 14.6. The number of ether oxygens (including phenoxy) is 3. The van der Waals surface area contributed by atoms with Crippen LogP contribution in [0.15, 0.2) is 66.7 Å². The zero-order valence-corrected chi connectivity index (χ0v) is 23.1. The summed E-state index contributed by atoms with van der Waals surface area (Å²) in [6.45, 7) is 4.93. The third kappa shape index (κ3) is 7.17. The Morgan fingerprint density at radius 2 is 1.62 bits per heavy atom. The third-order valence-electron chi connectivity index (χ3n) is 7.47. The number of rotatable bonds is 12. The van der Waals surface area contributed by atoms with Gasteiger partial charge in [-0.25, -0.2) is 8.78 Å². The molecule has 1 N–H and O–H groups in total. The summed E-state index contributed by atoms with van der Waals surface area (Å²) < 4.78 is 44.7. The molecule has 0 saturated carbocycles. The van der Waals surface area contributed by atoms with Crippen molar-refractivity contribution in [2.45, 2.75) is 38.2 Å². The number of likely N-dealkylation sites (tertiary alicyclic amines) is 1. The minimum atomic E-state index is -1.49. The fraction of sp³-hybridized carbons (Fsp3) is 0.406. The van der Waals surface area contributed by atoms with Crippen molar-refractivity contribution < 1.29 is 32.9 Å². The van der Waals surface area contributed by atoms with E-state index in [1.165, 1.54) is 24.3 Å². The highest BCUT2D eigenvalue weighted by Crippen LogP contribution is 2.42. The molecule has 1 heterocycles. The first-order valence-electron chi connectivity index (χ1n) is 13.8. The molecule has 1 fully saturated rings. The summed E-state index contributed by atoms with van der Waals surface area (Å²) >= 11 is 0. The van der Waals surface area contributed by atoms with Crippen LogP contribution in [0.1, 0.15) is 42.9 Å². The Balaban J connectivity index is 1.32. The maximum absolute atomic E-state index is 14.1. The van der Waals surface area contributed by atoms with Gasteiger partial charge in [0, 0.05) is 6.54 Å². The number of nitrogens with zero attached hydrogens (tertiary/aromatic N) is 1. The zero-order chi connectivity index (χ0) is 28.5. The molecule has 1 saturated heterocycles. The number of methoxy groups -OCH3 is 1. The molecule has 0 radical (unpaired) electrons. The summed E-state index contributed by atoms with van der Waals surface area (Å²) in [6, 6.07) is 17.3. The van der Waals surface area contributed by atoms with Crippen LogP contribution in [0.25, 0.3) is 0 Å². The van der Waals surface area contributed by atoms with Crippen molar-refractivity contribution in [2.24, 2.45) is 5.92 Å². The van der Waals surface area contributed by atoms with Crippen LogP contribution < -0.4 is 9.47 Å². The molecule has 0 spiro atoms. The smallest absolute Gasteiger partial charge is 0.310 e. The van der Waals surface area contributed by atoms with Gasteiger partial charge in [-0.15, -0.1) is 0 Å². The van der Waals surface area contributed by atoms with Gasteiger partial charge >= 0.3 is 5.97 Å². The second kappa shape index (κ2) is 13.7. The van der Waals surface area contributed by atoms with E-state index in [-0.39, 0.29) is 18.3 Å². The Morgan fingerprint density at radius 3 is 2.20 bits per heavy atom. The van der Waals surface area contributed by atoms with Crippen molar-refractivity contribution in [3.05, 3.63) is 95.1 Å². The molecule has 0 aliphatic carbocycles. The maximum Gasteiger partial charge on any atom is 0.310 e. The highest BCUT2D eigenvalue weighted by molar-refractivity contribution is 5.72. The number of carbonyl (C=O) groups is 1. The first kappa shape index (κ1) is 29.5. The molecule has 3 aromatic rings. The zero-order valence-electron chi connectivity index (χ0n) is 23.1. The Hall–Kier alpha value is -3.49. The molecule has 1 aliphatic rings. The lowest BCUT2D eigenvalue weighted by Gasteiger charge is -2.42. The largest absolute Gasteiger partial charge is 0.493 e. The van der Waals surface area contributed by atoms with Gasteiger partial charge in [0.05, 0.1) is 26.7 Å². The van der Waals surface area contributed by atoms with Crippen molar-refractivity contribution in [1.29, 1.82) is 0 Å². The van der Waals surface area contributed by atoms with Crippen molar-refractivity contribution in [3.8, 4) is 11.5 Å². The minimum absolute atomic E-state index is 0.175. The number of halogens is 2. The van der Waals surface area contributed by atoms with E-state index in [4.69, 9.17) is 14.2 Å². The van der Waals surface area contributed by atoms with E-state index in [9.17, 15) is 18.7 Å². The molecule has 0 aromatic heterocycles. The molecule has 6 nitrogen and oxygen atoms in total. The first-order chi connectivity index (χ1) is 19.3. The highest BCUT2D eigenvalue weighted by atomic mass is 19.1. The van der Waals surface area contributed by atoms with Crippen molar-refractivity contribution in [3.63, 3.8) is 0 Å². The Labute approximate surface area is 234 Å². The molecule has 8 heteroatoms. The summed E-state index contributed by atoms with van der Waals surface area (Å²) in [7, 11) is 1.56. The first-order valence-corrected chi connectivity index (χ1v) is 13.8. The highest BCUT2D eigenvalue weighted by Gasteiger charge is 2.42. The second-order valence-electron chi connectivity index (χ2n) is 10.1. The van der Waals surface area contributed by atoms with Gasteiger partial charge in [0.1, 0.15) is 17.2 Å². The van der Waals surface area contributed by atoms with Gasteiger partial charge in [0.15, 0.2) is 11.5 Å². The van der Waals surface area contributed by atoms with E-state index in [1.807, 2.05) is 6.07 Å². The van der Waals surface area contributed by atoms with Crippen LogP contribution in [0.5, 0.6) is 11.5 Å². The SMILES string of the molecule is CCOC(=O)Cc1ccc(OCCCN2CCC(C(O)(c3cccc(F)c3)c3cccc(F)c3)CC2)c(OC)c1. The summed E-state index contributed by atoms with van der Waals surface area (Å²) in [5, 5.41) is 12.0. The summed E-state index contributed by atoms with van der Waals surface area (Å²) in [6.07, 6.45) is 2.32. The van der Waals surface area contributed by atoms with Crippen molar-refractivity contribution in [2.75, 3.05) is 40.0 Å². The number of hydrogen-bond donors (Lipinski definition) is 1. The number of carbonyl (C=O) groups excluding carboxylic acids is 1. The van der Waals surface area contributed by atoms with Gasteiger partial charge in [-0.3, -0.25) is 4.79 Å². The second-order valence-corrected chi connectivity index (χ2v) is 10.1. The van der Waals surface area contributed by atoms with Gasteiger partial charge in [-0.1, -0.05) is 30.3 Å². The van der Waals surface area contributed by atoms with E-state index >= 15 is 0 Å². The fourth-order valence-electron chi connectivity index (χ4n) is 5.45. The quantitative estimate of drug-likeness (QED) is 0.236. The van der Waals surface area contributed by atoms with Gasteiger partial charge in [0.25, 0.3) is 0 Å². The van der Waals surface area contributed by atoms with Gasteiger partial charge < -0.3 is 24.2 Å². The molecule has 0 amide bonds.